The lowest BCUT2D eigenvalue weighted by Crippen LogP contribution is -2.10. The van der Waals surface area contributed by atoms with Crippen LogP contribution in [-0.2, 0) is 0 Å². The second kappa shape index (κ2) is 5.69. The van der Waals surface area contributed by atoms with Crippen LogP contribution in [0.5, 0.6) is 0 Å². The Morgan fingerprint density at radius 2 is 0.792 bits per heavy atom. The van der Waals surface area contributed by atoms with Crippen molar-refractivity contribution in [2.45, 2.75) is 0 Å². The summed E-state index contributed by atoms with van der Waals surface area (Å²) in [5, 5.41) is 10.5. The average molecular weight is 361 g/mol. The lowest BCUT2D eigenvalue weighted by atomic mass is 10.0. The van der Waals surface area contributed by atoms with Gasteiger partial charge >= 0.3 is 5.69 Å². The normalized spacial score (nSPS) is 11.0. The summed E-state index contributed by atoms with van der Waals surface area (Å²) < 4.78 is 120. The van der Waals surface area contributed by atoms with E-state index < -0.39 is 74.1 Å². The maximum Gasteiger partial charge on any atom is 0.344 e. The van der Waals surface area contributed by atoms with E-state index in [4.69, 9.17) is 0 Å². The molecule has 0 bridgehead atoms. The van der Waals surface area contributed by atoms with Gasteiger partial charge in [-0.2, -0.15) is 8.78 Å². The van der Waals surface area contributed by atoms with E-state index in [2.05, 4.69) is 0 Å². The molecule has 0 spiro atoms. The van der Waals surface area contributed by atoms with Crippen LogP contribution in [0.15, 0.2) is 0 Å². The Morgan fingerprint density at radius 1 is 0.500 bits per heavy atom. The zero-order valence-corrected chi connectivity index (χ0v) is 10.7. The molecule has 2 rings (SSSR count). The van der Waals surface area contributed by atoms with Gasteiger partial charge in [0.25, 0.3) is 0 Å². The largest absolute Gasteiger partial charge is 0.344 e. The van der Waals surface area contributed by atoms with Crippen LogP contribution in [0.4, 0.5) is 45.2 Å². The van der Waals surface area contributed by atoms with Gasteiger partial charge in [-0.1, -0.05) is 0 Å². The first-order chi connectivity index (χ1) is 11.0. The Bertz CT molecular complexity index is 868. The summed E-state index contributed by atoms with van der Waals surface area (Å²) in [7, 11) is 0. The predicted octanol–water partition coefficient (Wildman–Crippen LogP) is 4.51. The van der Waals surface area contributed by atoms with Gasteiger partial charge < -0.3 is 0 Å². The van der Waals surface area contributed by atoms with Crippen LogP contribution in [0, 0.1) is 62.5 Å². The van der Waals surface area contributed by atoms with Crippen molar-refractivity contribution in [2.75, 3.05) is 0 Å². The minimum Gasteiger partial charge on any atom is -0.258 e. The lowest BCUT2D eigenvalue weighted by Gasteiger charge is -2.11. The molecule has 0 aliphatic rings. The van der Waals surface area contributed by atoms with E-state index in [0.29, 0.717) is 0 Å². The van der Waals surface area contributed by atoms with Gasteiger partial charge in [-0.15, -0.1) is 0 Å². The second-order valence-corrected chi connectivity index (χ2v) is 4.18. The summed E-state index contributed by atoms with van der Waals surface area (Å²) in [6.07, 6.45) is 0. The number of nitro groups is 1. The Hall–Kier alpha value is -2.79. The molecule has 0 atom stereocenters. The first kappa shape index (κ1) is 17.6. The van der Waals surface area contributed by atoms with E-state index in [1.54, 1.807) is 0 Å². The Labute approximate surface area is 125 Å². The molecule has 0 unspecified atom stereocenters. The van der Waals surface area contributed by atoms with E-state index in [9.17, 15) is 49.6 Å². The monoisotopic (exact) mass is 361 g/mol. The molecule has 0 saturated heterocycles. The van der Waals surface area contributed by atoms with Gasteiger partial charge in [0, 0.05) is 0 Å². The molecule has 0 aliphatic carbocycles. The highest BCUT2D eigenvalue weighted by molar-refractivity contribution is 5.70. The zero-order chi connectivity index (χ0) is 18.5. The van der Waals surface area contributed by atoms with Gasteiger partial charge in [0.1, 0.15) is 0 Å². The fraction of sp³-hybridized carbons (Fsp3) is 0. The molecule has 2 aromatic carbocycles. The zero-order valence-electron chi connectivity index (χ0n) is 10.7. The molecule has 0 aliphatic heterocycles. The molecular weight excluding hydrogens is 361 g/mol. The fourth-order valence-electron chi connectivity index (χ4n) is 1.83. The molecule has 3 nitrogen and oxygen atoms in total. The SMILES string of the molecule is O=[N+]([O-])c1c(F)c(F)c(F)c(-c2c(F)c(F)c(F)c(F)c2F)c1F. The van der Waals surface area contributed by atoms with Crippen molar-refractivity contribution in [3.63, 3.8) is 0 Å². The molecule has 24 heavy (non-hydrogen) atoms. The maximum absolute atomic E-state index is 13.9. The molecular formula is C12F9NO2. The quantitative estimate of drug-likeness (QED) is 0.260. The third kappa shape index (κ3) is 2.25. The molecule has 0 N–H and O–H groups in total. The van der Waals surface area contributed by atoms with Crippen LogP contribution in [0.1, 0.15) is 0 Å². The van der Waals surface area contributed by atoms with E-state index in [-0.39, 0.29) is 0 Å². The number of hydrogen-bond donors (Lipinski definition) is 0. The van der Waals surface area contributed by atoms with E-state index in [0.717, 1.165) is 0 Å². The minimum atomic E-state index is -2.73. The molecule has 0 fully saturated rings. The van der Waals surface area contributed by atoms with Gasteiger partial charge in [0.2, 0.25) is 23.3 Å². The van der Waals surface area contributed by atoms with Crippen molar-refractivity contribution in [1.82, 2.24) is 0 Å². The molecule has 128 valence electrons. The van der Waals surface area contributed by atoms with Crippen LogP contribution >= 0.6 is 0 Å². The van der Waals surface area contributed by atoms with Crippen molar-refractivity contribution < 1.29 is 44.4 Å². The summed E-state index contributed by atoms with van der Waals surface area (Å²) in [6, 6.07) is 0. The number of nitrogens with zero attached hydrogens (tertiary/aromatic N) is 1. The number of halogens is 9. The van der Waals surface area contributed by atoms with Crippen molar-refractivity contribution in [1.29, 1.82) is 0 Å². The van der Waals surface area contributed by atoms with Crippen molar-refractivity contribution >= 4 is 5.69 Å². The van der Waals surface area contributed by atoms with Gasteiger partial charge in [-0.3, -0.25) is 10.1 Å². The van der Waals surface area contributed by atoms with Crippen LogP contribution in [-0.4, -0.2) is 4.92 Å². The van der Waals surface area contributed by atoms with Crippen molar-refractivity contribution in [2.24, 2.45) is 0 Å². The number of nitro benzene ring substituents is 1. The molecule has 0 saturated carbocycles. The topological polar surface area (TPSA) is 43.1 Å². The van der Waals surface area contributed by atoms with Crippen LogP contribution in [0.2, 0.25) is 0 Å². The number of hydrogen-bond acceptors (Lipinski definition) is 2. The highest BCUT2D eigenvalue weighted by Gasteiger charge is 2.38. The summed E-state index contributed by atoms with van der Waals surface area (Å²) >= 11 is 0. The Morgan fingerprint density at radius 3 is 1.17 bits per heavy atom. The standard InChI is InChI=1S/C12F9NO2/c13-3-1(4(14)8(18)10(20)7(3)17)2-5(15)9(19)11(21)12(6(2)16)22(23)24. The third-order valence-electron chi connectivity index (χ3n) is 2.88. The predicted molar refractivity (Wildman–Crippen MR) is 58.2 cm³/mol. The molecule has 0 aromatic heterocycles. The third-order valence-corrected chi connectivity index (χ3v) is 2.88. The highest BCUT2D eigenvalue weighted by Crippen LogP contribution is 2.39. The second-order valence-electron chi connectivity index (χ2n) is 4.18. The summed E-state index contributed by atoms with van der Waals surface area (Å²) in [5.74, 6) is -24.3. The van der Waals surface area contributed by atoms with Crippen LogP contribution < -0.4 is 0 Å². The van der Waals surface area contributed by atoms with Crippen LogP contribution in [0.3, 0.4) is 0 Å². The summed E-state index contributed by atoms with van der Waals surface area (Å²) in [6.45, 7) is 0. The van der Waals surface area contributed by atoms with E-state index in [1.807, 2.05) is 0 Å². The van der Waals surface area contributed by atoms with Crippen molar-refractivity contribution in [3.05, 3.63) is 62.5 Å². The molecule has 0 amide bonds. The summed E-state index contributed by atoms with van der Waals surface area (Å²) in [4.78, 5) is 8.59. The first-order valence-electron chi connectivity index (χ1n) is 5.54. The van der Waals surface area contributed by atoms with Gasteiger partial charge in [0.15, 0.2) is 29.1 Å². The number of rotatable bonds is 2. The first-order valence-corrected chi connectivity index (χ1v) is 5.54. The van der Waals surface area contributed by atoms with E-state index in [1.165, 1.54) is 0 Å². The van der Waals surface area contributed by atoms with Gasteiger partial charge in [-0.25, -0.2) is 30.7 Å². The highest BCUT2D eigenvalue weighted by atomic mass is 19.2. The van der Waals surface area contributed by atoms with Crippen LogP contribution in [0.25, 0.3) is 11.1 Å². The van der Waals surface area contributed by atoms with Gasteiger partial charge in [-0.05, 0) is 0 Å². The molecule has 0 radical (unpaired) electrons. The molecule has 2 aromatic rings. The summed E-state index contributed by atoms with van der Waals surface area (Å²) in [5.41, 5.74) is -7.00. The van der Waals surface area contributed by atoms with Crippen molar-refractivity contribution in [3.8, 4) is 11.1 Å². The average Bonchev–Trinajstić information content (AvgIpc) is 2.52. The fourth-order valence-corrected chi connectivity index (χ4v) is 1.83. The molecule has 0 heterocycles. The Kier molecular flexibility index (Phi) is 4.16. The van der Waals surface area contributed by atoms with Gasteiger partial charge in [0.05, 0.1) is 16.1 Å². The maximum atomic E-state index is 13.9. The smallest absolute Gasteiger partial charge is 0.258 e. The lowest BCUT2D eigenvalue weighted by molar-refractivity contribution is -0.390. The minimum absolute atomic E-state index is 1.90. The van der Waals surface area contributed by atoms with E-state index >= 15 is 0 Å². The molecule has 12 heteroatoms. The number of benzene rings is 2. The Balaban J connectivity index is 3.08.